The summed E-state index contributed by atoms with van der Waals surface area (Å²) in [6.07, 6.45) is 0. The van der Waals surface area contributed by atoms with Gasteiger partial charge in [-0.1, -0.05) is 23.7 Å². The molecule has 0 spiro atoms. The van der Waals surface area contributed by atoms with E-state index in [-0.39, 0.29) is 11.1 Å². The van der Waals surface area contributed by atoms with Crippen molar-refractivity contribution in [3.63, 3.8) is 0 Å². The molecule has 0 saturated carbocycles. The first-order valence-corrected chi connectivity index (χ1v) is 4.96. The standard InChI is InChI=1S/C11H8ClN3O/c1-15-11(16)9(6-13)10(14-15)7-2-4-8(12)5-3-7/h2-5,14H,1H3. The van der Waals surface area contributed by atoms with Crippen LogP contribution in [-0.2, 0) is 7.05 Å². The summed E-state index contributed by atoms with van der Waals surface area (Å²) in [6, 6.07) is 8.84. The van der Waals surface area contributed by atoms with Gasteiger partial charge in [0.05, 0.1) is 5.69 Å². The van der Waals surface area contributed by atoms with Crippen molar-refractivity contribution in [1.29, 1.82) is 5.26 Å². The van der Waals surface area contributed by atoms with Crippen molar-refractivity contribution in [1.82, 2.24) is 9.78 Å². The summed E-state index contributed by atoms with van der Waals surface area (Å²) in [6.45, 7) is 0. The van der Waals surface area contributed by atoms with Crippen LogP contribution in [0, 0.1) is 11.3 Å². The van der Waals surface area contributed by atoms with E-state index >= 15 is 0 Å². The highest BCUT2D eigenvalue weighted by Crippen LogP contribution is 2.20. The summed E-state index contributed by atoms with van der Waals surface area (Å²) in [5.74, 6) is 0. The Kier molecular flexibility index (Phi) is 2.55. The second-order valence-electron chi connectivity index (χ2n) is 3.34. The number of halogens is 1. The predicted molar refractivity (Wildman–Crippen MR) is 61.2 cm³/mol. The number of aromatic amines is 1. The molecule has 0 aliphatic carbocycles. The summed E-state index contributed by atoms with van der Waals surface area (Å²) in [7, 11) is 1.57. The molecule has 5 heteroatoms. The summed E-state index contributed by atoms with van der Waals surface area (Å²) in [4.78, 5) is 11.5. The van der Waals surface area contributed by atoms with E-state index in [9.17, 15) is 4.79 Å². The number of benzene rings is 1. The first-order chi connectivity index (χ1) is 7.63. The smallest absolute Gasteiger partial charge is 0.284 e. The van der Waals surface area contributed by atoms with Crippen molar-refractivity contribution in [3.05, 3.63) is 45.2 Å². The molecule has 16 heavy (non-hydrogen) atoms. The number of nitriles is 1. The molecule has 0 aliphatic heterocycles. The largest absolute Gasteiger partial charge is 0.294 e. The third-order valence-electron chi connectivity index (χ3n) is 2.29. The molecular weight excluding hydrogens is 226 g/mol. The van der Waals surface area contributed by atoms with E-state index in [1.54, 1.807) is 31.3 Å². The second-order valence-corrected chi connectivity index (χ2v) is 3.78. The second kappa shape index (κ2) is 3.87. The minimum absolute atomic E-state index is 0.116. The van der Waals surface area contributed by atoms with Crippen LogP contribution in [0.15, 0.2) is 29.1 Å². The molecule has 0 bridgehead atoms. The van der Waals surface area contributed by atoms with Crippen LogP contribution in [0.1, 0.15) is 5.56 Å². The van der Waals surface area contributed by atoms with Gasteiger partial charge in [0.25, 0.3) is 5.56 Å². The van der Waals surface area contributed by atoms with Crippen LogP contribution in [0.2, 0.25) is 5.02 Å². The molecule has 0 aliphatic rings. The fraction of sp³-hybridized carbons (Fsp3) is 0.0909. The number of aryl methyl sites for hydroxylation is 1. The zero-order valence-corrected chi connectivity index (χ0v) is 9.25. The first kappa shape index (κ1) is 10.5. The number of hydrogen-bond donors (Lipinski definition) is 1. The van der Waals surface area contributed by atoms with Crippen molar-refractivity contribution in [2.45, 2.75) is 0 Å². The van der Waals surface area contributed by atoms with Gasteiger partial charge < -0.3 is 0 Å². The highest BCUT2D eigenvalue weighted by molar-refractivity contribution is 6.30. The van der Waals surface area contributed by atoms with E-state index in [0.717, 1.165) is 5.56 Å². The van der Waals surface area contributed by atoms with Crippen molar-refractivity contribution in [2.75, 3.05) is 0 Å². The van der Waals surface area contributed by atoms with Crippen LogP contribution in [0.3, 0.4) is 0 Å². The van der Waals surface area contributed by atoms with E-state index in [4.69, 9.17) is 16.9 Å². The summed E-state index contributed by atoms with van der Waals surface area (Å²) < 4.78 is 1.28. The molecule has 1 N–H and O–H groups in total. The zero-order valence-electron chi connectivity index (χ0n) is 8.49. The number of nitrogens with zero attached hydrogens (tertiary/aromatic N) is 2. The van der Waals surface area contributed by atoms with Crippen LogP contribution in [-0.4, -0.2) is 9.78 Å². The Morgan fingerprint density at radius 2 is 2.00 bits per heavy atom. The molecule has 0 unspecified atom stereocenters. The van der Waals surface area contributed by atoms with Gasteiger partial charge in [-0.2, -0.15) is 5.26 Å². The van der Waals surface area contributed by atoms with Gasteiger partial charge in [-0.25, -0.2) is 0 Å². The SMILES string of the molecule is Cn1[nH]c(-c2ccc(Cl)cc2)c(C#N)c1=O. The molecular formula is C11H8ClN3O. The quantitative estimate of drug-likeness (QED) is 0.818. The summed E-state index contributed by atoms with van der Waals surface area (Å²) >= 11 is 5.77. The number of H-pyrrole nitrogens is 1. The fourth-order valence-electron chi connectivity index (χ4n) is 1.48. The molecule has 2 aromatic rings. The Balaban J connectivity index is 2.66. The highest BCUT2D eigenvalue weighted by Gasteiger charge is 2.13. The number of rotatable bonds is 1. The molecule has 1 aromatic carbocycles. The molecule has 2 rings (SSSR count). The molecule has 0 atom stereocenters. The Bertz CT molecular complexity index is 616. The van der Waals surface area contributed by atoms with Crippen LogP contribution >= 0.6 is 11.6 Å². The maximum atomic E-state index is 11.5. The van der Waals surface area contributed by atoms with E-state index in [1.807, 2.05) is 6.07 Å². The van der Waals surface area contributed by atoms with Crippen molar-refractivity contribution < 1.29 is 0 Å². The maximum Gasteiger partial charge on any atom is 0.284 e. The van der Waals surface area contributed by atoms with E-state index < -0.39 is 0 Å². The lowest BCUT2D eigenvalue weighted by Crippen LogP contribution is -2.13. The maximum absolute atomic E-state index is 11.5. The Labute approximate surface area is 96.7 Å². The van der Waals surface area contributed by atoms with Gasteiger partial charge in [0.2, 0.25) is 0 Å². The van der Waals surface area contributed by atoms with Gasteiger partial charge in [-0.05, 0) is 12.1 Å². The monoisotopic (exact) mass is 233 g/mol. The Hall–Kier alpha value is -1.99. The lowest BCUT2D eigenvalue weighted by molar-refractivity contribution is 0.742. The molecule has 0 saturated heterocycles. The van der Waals surface area contributed by atoms with Crippen LogP contribution < -0.4 is 5.56 Å². The Morgan fingerprint density at radius 3 is 2.56 bits per heavy atom. The number of hydrogen-bond acceptors (Lipinski definition) is 2. The van der Waals surface area contributed by atoms with Gasteiger partial charge in [0.1, 0.15) is 11.6 Å². The summed E-state index contributed by atoms with van der Waals surface area (Å²) in [5.41, 5.74) is 1.07. The molecule has 1 aromatic heterocycles. The van der Waals surface area contributed by atoms with E-state index in [1.165, 1.54) is 4.68 Å². The van der Waals surface area contributed by atoms with Gasteiger partial charge in [-0.3, -0.25) is 14.6 Å². The van der Waals surface area contributed by atoms with Gasteiger partial charge in [0.15, 0.2) is 0 Å². The molecule has 0 radical (unpaired) electrons. The molecule has 1 heterocycles. The molecule has 0 fully saturated rings. The van der Waals surface area contributed by atoms with Gasteiger partial charge >= 0.3 is 0 Å². The normalized spacial score (nSPS) is 10.1. The minimum atomic E-state index is -0.326. The van der Waals surface area contributed by atoms with Crippen molar-refractivity contribution >= 4 is 11.6 Å². The van der Waals surface area contributed by atoms with Crippen LogP contribution in [0.4, 0.5) is 0 Å². The van der Waals surface area contributed by atoms with Gasteiger partial charge in [-0.15, -0.1) is 0 Å². The lowest BCUT2D eigenvalue weighted by atomic mass is 10.1. The number of aromatic nitrogens is 2. The third kappa shape index (κ3) is 1.62. The summed E-state index contributed by atoms with van der Waals surface area (Å²) in [5, 5.41) is 12.4. The average Bonchev–Trinajstić information content (AvgIpc) is 2.56. The minimum Gasteiger partial charge on any atom is -0.294 e. The topological polar surface area (TPSA) is 61.6 Å². The highest BCUT2D eigenvalue weighted by atomic mass is 35.5. The van der Waals surface area contributed by atoms with Crippen LogP contribution in [0.25, 0.3) is 11.3 Å². The predicted octanol–water partition coefficient (Wildman–Crippen LogP) is 1.91. The zero-order chi connectivity index (χ0) is 11.7. The first-order valence-electron chi connectivity index (χ1n) is 4.58. The van der Waals surface area contributed by atoms with Crippen molar-refractivity contribution in [2.24, 2.45) is 7.05 Å². The average molecular weight is 234 g/mol. The van der Waals surface area contributed by atoms with Crippen molar-refractivity contribution in [3.8, 4) is 17.3 Å². The van der Waals surface area contributed by atoms with E-state index in [2.05, 4.69) is 5.10 Å². The fourth-order valence-corrected chi connectivity index (χ4v) is 1.60. The molecule has 4 nitrogen and oxygen atoms in total. The Morgan fingerprint density at radius 1 is 1.38 bits per heavy atom. The number of nitrogens with one attached hydrogen (secondary N) is 1. The third-order valence-corrected chi connectivity index (χ3v) is 2.54. The van der Waals surface area contributed by atoms with E-state index in [0.29, 0.717) is 10.7 Å². The van der Waals surface area contributed by atoms with Gasteiger partial charge in [0, 0.05) is 17.6 Å². The molecule has 80 valence electrons. The lowest BCUT2D eigenvalue weighted by Gasteiger charge is -1.98. The van der Waals surface area contributed by atoms with Crippen LogP contribution in [0.5, 0.6) is 0 Å². The molecule has 0 amide bonds.